The molecule has 200 valence electrons. The molecule has 3 aromatic carbocycles. The van der Waals surface area contributed by atoms with Crippen LogP contribution in [0.4, 0.5) is 4.39 Å². The summed E-state index contributed by atoms with van der Waals surface area (Å²) in [6.45, 7) is -0.0183. The van der Waals surface area contributed by atoms with Crippen molar-refractivity contribution in [3.8, 4) is 5.69 Å². The molecule has 0 bridgehead atoms. The highest BCUT2D eigenvalue weighted by atomic mass is 19.1. The largest absolute Gasteiger partial charge is 0.346 e. The van der Waals surface area contributed by atoms with Crippen LogP contribution in [-0.4, -0.2) is 35.6 Å². The van der Waals surface area contributed by atoms with Gasteiger partial charge in [-0.3, -0.25) is 9.78 Å². The molecular weight excluding hydrogens is 517 g/mol. The molecule has 0 aliphatic rings. The number of carbonyl (C=O) groups excluding carboxylic acids is 1. The Bertz CT molecular complexity index is 2030. The second kappa shape index (κ2) is 10.3. The Labute approximate surface area is 233 Å². The molecule has 2 N–H and O–H groups in total. The zero-order chi connectivity index (χ0) is 27.8. The highest BCUT2D eigenvalue weighted by Gasteiger charge is 2.14. The van der Waals surface area contributed by atoms with E-state index in [1.165, 1.54) is 24.5 Å². The average molecular weight is 542 g/mol. The van der Waals surface area contributed by atoms with E-state index in [1.807, 2.05) is 48.5 Å². The van der Waals surface area contributed by atoms with E-state index < -0.39 is 5.82 Å². The second-order valence-corrected chi connectivity index (χ2v) is 9.84. The fourth-order valence-electron chi connectivity index (χ4n) is 5.05. The number of imidazole rings is 1. The first-order chi connectivity index (χ1) is 20.1. The van der Waals surface area contributed by atoms with Gasteiger partial charge in [0.1, 0.15) is 11.6 Å². The molecule has 0 unspecified atom stereocenters. The molecule has 0 aliphatic heterocycles. The number of benzene rings is 3. The van der Waals surface area contributed by atoms with E-state index in [0.717, 1.165) is 62.8 Å². The lowest BCUT2D eigenvalue weighted by molar-refractivity contribution is 0.0950. The van der Waals surface area contributed by atoms with Crippen molar-refractivity contribution in [2.24, 2.45) is 0 Å². The highest BCUT2D eigenvalue weighted by Crippen LogP contribution is 2.27. The Morgan fingerprint density at radius 1 is 0.902 bits per heavy atom. The molecule has 0 saturated heterocycles. The van der Waals surface area contributed by atoms with Crippen molar-refractivity contribution in [3.63, 3.8) is 0 Å². The smallest absolute Gasteiger partial charge is 0.254 e. The first-order valence-electron chi connectivity index (χ1n) is 13.3. The number of aryl methyl sites for hydroxylation is 2. The maximum Gasteiger partial charge on any atom is 0.254 e. The van der Waals surface area contributed by atoms with Gasteiger partial charge in [0.25, 0.3) is 5.91 Å². The lowest BCUT2D eigenvalue weighted by Crippen LogP contribution is -2.23. The number of hydrogen-bond donors (Lipinski definition) is 2. The van der Waals surface area contributed by atoms with E-state index in [-0.39, 0.29) is 18.1 Å². The van der Waals surface area contributed by atoms with Gasteiger partial charge in [0.15, 0.2) is 0 Å². The first-order valence-corrected chi connectivity index (χ1v) is 13.3. The monoisotopic (exact) mass is 541 g/mol. The van der Waals surface area contributed by atoms with E-state index in [0.29, 0.717) is 5.56 Å². The summed E-state index contributed by atoms with van der Waals surface area (Å²) in [7, 11) is 0. The van der Waals surface area contributed by atoms with Crippen molar-refractivity contribution in [2.45, 2.75) is 19.4 Å². The summed E-state index contributed by atoms with van der Waals surface area (Å²) >= 11 is 0. The molecule has 0 radical (unpaired) electrons. The van der Waals surface area contributed by atoms with Gasteiger partial charge in [0.2, 0.25) is 0 Å². The minimum absolute atomic E-state index is 0.0183. The third-order valence-corrected chi connectivity index (χ3v) is 7.14. The van der Waals surface area contributed by atoms with Crippen molar-refractivity contribution in [1.82, 2.24) is 35.0 Å². The normalized spacial score (nSPS) is 11.4. The molecule has 0 atom stereocenters. The topological polar surface area (TPSA) is 101 Å². The number of para-hydroxylation sites is 3. The molecule has 7 aromatic rings. The fourth-order valence-corrected chi connectivity index (χ4v) is 5.05. The van der Waals surface area contributed by atoms with Crippen LogP contribution in [0.2, 0.25) is 0 Å². The Balaban J connectivity index is 1.21. The molecule has 4 aromatic heterocycles. The van der Waals surface area contributed by atoms with Crippen molar-refractivity contribution in [1.29, 1.82) is 0 Å². The molecule has 0 spiro atoms. The standard InChI is InChI=1S/C32H24FN7O/c33-25-7-5-13-34-30(25)18-35-32(41)22-17-36-40(19-22)23-14-20(11-12-31-38-27-9-3-4-10-28(27)39-31)24-15-21-6-1-2-8-26(21)37-29(24)16-23/h1-10,13-17,19H,11-12,18H2,(H,35,41)(H,38,39). The third-order valence-electron chi connectivity index (χ3n) is 7.14. The lowest BCUT2D eigenvalue weighted by atomic mass is 10.0. The highest BCUT2D eigenvalue weighted by molar-refractivity contribution is 5.96. The van der Waals surface area contributed by atoms with E-state index in [9.17, 15) is 9.18 Å². The van der Waals surface area contributed by atoms with E-state index in [1.54, 1.807) is 10.9 Å². The summed E-state index contributed by atoms with van der Waals surface area (Å²) in [4.78, 5) is 29.9. The number of nitrogens with zero attached hydrogens (tertiary/aromatic N) is 5. The van der Waals surface area contributed by atoms with Crippen LogP contribution in [0.3, 0.4) is 0 Å². The van der Waals surface area contributed by atoms with Crippen LogP contribution in [-0.2, 0) is 19.4 Å². The van der Waals surface area contributed by atoms with Gasteiger partial charge < -0.3 is 10.3 Å². The Hall–Kier alpha value is -5.44. The van der Waals surface area contributed by atoms with Gasteiger partial charge in [0, 0.05) is 29.6 Å². The molecule has 1 amide bonds. The van der Waals surface area contributed by atoms with Gasteiger partial charge in [-0.05, 0) is 60.5 Å². The maximum atomic E-state index is 13.9. The summed E-state index contributed by atoms with van der Waals surface area (Å²) < 4.78 is 15.6. The lowest BCUT2D eigenvalue weighted by Gasteiger charge is -2.11. The van der Waals surface area contributed by atoms with Gasteiger partial charge in [-0.15, -0.1) is 0 Å². The number of fused-ring (bicyclic) bond motifs is 3. The van der Waals surface area contributed by atoms with Crippen molar-refractivity contribution < 1.29 is 9.18 Å². The number of pyridine rings is 2. The molecule has 7 rings (SSSR count). The van der Waals surface area contributed by atoms with Gasteiger partial charge >= 0.3 is 0 Å². The zero-order valence-corrected chi connectivity index (χ0v) is 21.9. The Morgan fingerprint density at radius 2 is 1.76 bits per heavy atom. The quantitative estimate of drug-likeness (QED) is 0.252. The SMILES string of the molecule is O=C(NCc1ncccc1F)c1cnn(-c2cc(CCc3nc4ccccc4[nH]3)c3cc4ccccc4nc3c2)c1. The predicted octanol–water partition coefficient (Wildman–Crippen LogP) is 5.70. The average Bonchev–Trinajstić information content (AvgIpc) is 3.66. The van der Waals surface area contributed by atoms with Crippen LogP contribution < -0.4 is 5.32 Å². The van der Waals surface area contributed by atoms with Gasteiger partial charge in [-0.2, -0.15) is 5.10 Å². The minimum Gasteiger partial charge on any atom is -0.346 e. The maximum absolute atomic E-state index is 13.9. The number of H-pyrrole nitrogens is 1. The summed E-state index contributed by atoms with van der Waals surface area (Å²) in [5.41, 5.74) is 6.13. The van der Waals surface area contributed by atoms with Gasteiger partial charge in [-0.1, -0.05) is 30.3 Å². The van der Waals surface area contributed by atoms with E-state index >= 15 is 0 Å². The Kier molecular flexibility index (Phi) is 6.16. The molecule has 8 nitrogen and oxygen atoms in total. The first kappa shape index (κ1) is 24.6. The second-order valence-electron chi connectivity index (χ2n) is 9.84. The Morgan fingerprint density at radius 3 is 2.63 bits per heavy atom. The van der Waals surface area contributed by atoms with Gasteiger partial charge in [-0.25, -0.2) is 19.0 Å². The van der Waals surface area contributed by atoms with E-state index in [4.69, 9.17) is 9.97 Å². The van der Waals surface area contributed by atoms with Crippen molar-refractivity contribution >= 4 is 38.7 Å². The number of hydrogen-bond acceptors (Lipinski definition) is 5. The van der Waals surface area contributed by atoms with Crippen LogP contribution >= 0.6 is 0 Å². The number of rotatable bonds is 7. The molecule has 41 heavy (non-hydrogen) atoms. The molecule has 9 heteroatoms. The molecule has 0 fully saturated rings. The number of aromatic amines is 1. The number of halogens is 1. The molecule has 0 saturated carbocycles. The van der Waals surface area contributed by atoms with Crippen LogP contribution in [0.1, 0.15) is 27.4 Å². The zero-order valence-electron chi connectivity index (χ0n) is 21.9. The number of nitrogens with one attached hydrogen (secondary N) is 2. The van der Waals surface area contributed by atoms with Crippen LogP contribution in [0, 0.1) is 5.82 Å². The molecule has 4 heterocycles. The van der Waals surface area contributed by atoms with Crippen LogP contribution in [0.5, 0.6) is 0 Å². The minimum atomic E-state index is -0.463. The predicted molar refractivity (Wildman–Crippen MR) is 155 cm³/mol. The summed E-state index contributed by atoms with van der Waals surface area (Å²) in [6.07, 6.45) is 6.10. The van der Waals surface area contributed by atoms with Crippen molar-refractivity contribution in [3.05, 3.63) is 126 Å². The fraction of sp³-hybridized carbons (Fsp3) is 0.0938. The summed E-state index contributed by atoms with van der Waals surface area (Å²) in [6, 6.07) is 25.1. The number of aromatic nitrogens is 6. The third kappa shape index (κ3) is 4.89. The van der Waals surface area contributed by atoms with Crippen molar-refractivity contribution in [2.75, 3.05) is 0 Å². The van der Waals surface area contributed by atoms with E-state index in [2.05, 4.69) is 38.6 Å². The summed E-state index contributed by atoms with van der Waals surface area (Å²) in [5, 5.41) is 9.30. The number of carbonyl (C=O) groups is 1. The number of amides is 1. The van der Waals surface area contributed by atoms with Gasteiger partial charge in [0.05, 0.1) is 51.8 Å². The molecule has 0 aliphatic carbocycles. The van der Waals surface area contributed by atoms with Crippen LogP contribution in [0.25, 0.3) is 38.5 Å². The molecular formula is C32H24FN7O. The summed E-state index contributed by atoms with van der Waals surface area (Å²) in [5.74, 6) is 0.0899. The van der Waals surface area contributed by atoms with Crippen LogP contribution in [0.15, 0.2) is 97.5 Å².